The van der Waals surface area contributed by atoms with Gasteiger partial charge in [-0.05, 0) is 50.3 Å². The van der Waals surface area contributed by atoms with Crippen molar-refractivity contribution in [3.05, 3.63) is 29.8 Å². The summed E-state index contributed by atoms with van der Waals surface area (Å²) in [5.74, 6) is 0.353. The highest BCUT2D eigenvalue weighted by Crippen LogP contribution is 2.30. The molecular formula is C25H35N5O3S. The molecule has 1 aromatic carbocycles. The van der Waals surface area contributed by atoms with Crippen molar-refractivity contribution in [2.75, 3.05) is 19.6 Å². The second-order valence-electron chi connectivity index (χ2n) is 9.87. The van der Waals surface area contributed by atoms with E-state index in [1.54, 1.807) is 18.2 Å². The van der Waals surface area contributed by atoms with Gasteiger partial charge in [-0.2, -0.15) is 13.7 Å². The van der Waals surface area contributed by atoms with Gasteiger partial charge < -0.3 is 15.5 Å². The molecule has 3 aliphatic rings. The quantitative estimate of drug-likeness (QED) is 0.614. The lowest BCUT2D eigenvalue weighted by Crippen LogP contribution is -2.59. The molecule has 0 radical (unpaired) electrons. The maximum absolute atomic E-state index is 13.6. The number of amidine groups is 1. The van der Waals surface area contributed by atoms with Crippen molar-refractivity contribution >= 4 is 21.8 Å². The Balaban J connectivity index is 1.53. The van der Waals surface area contributed by atoms with Crippen molar-refractivity contribution in [1.82, 2.24) is 15.5 Å². The predicted molar refractivity (Wildman–Crippen MR) is 131 cm³/mol. The van der Waals surface area contributed by atoms with Gasteiger partial charge in [0.2, 0.25) is 5.91 Å². The molecule has 2 aliphatic heterocycles. The largest absolute Gasteiger partial charge is 0.357 e. The number of amides is 1. The molecule has 34 heavy (non-hydrogen) atoms. The molecule has 9 heteroatoms. The van der Waals surface area contributed by atoms with Crippen LogP contribution in [0.5, 0.6) is 0 Å². The molecule has 8 nitrogen and oxygen atoms in total. The van der Waals surface area contributed by atoms with Gasteiger partial charge in [0.25, 0.3) is 10.0 Å². The summed E-state index contributed by atoms with van der Waals surface area (Å²) < 4.78 is 29.0. The molecule has 2 heterocycles. The number of hydrogen-bond acceptors (Lipinski definition) is 6. The first-order valence-corrected chi connectivity index (χ1v) is 14.0. The third-order valence-electron chi connectivity index (χ3n) is 7.38. The van der Waals surface area contributed by atoms with Gasteiger partial charge in [-0.1, -0.05) is 51.2 Å². The fraction of sp³-hybridized carbons (Fsp3) is 0.640. The van der Waals surface area contributed by atoms with Gasteiger partial charge in [0, 0.05) is 18.7 Å². The van der Waals surface area contributed by atoms with Gasteiger partial charge in [0.15, 0.2) is 0 Å². The summed E-state index contributed by atoms with van der Waals surface area (Å²) in [6.07, 6.45) is 8.45. The molecule has 1 unspecified atom stereocenters. The lowest BCUT2D eigenvalue weighted by molar-refractivity contribution is -0.125. The summed E-state index contributed by atoms with van der Waals surface area (Å²) in [7, 11) is -3.78. The van der Waals surface area contributed by atoms with Crippen LogP contribution in [0.25, 0.3) is 0 Å². The van der Waals surface area contributed by atoms with E-state index < -0.39 is 21.6 Å². The maximum atomic E-state index is 13.6. The molecule has 2 N–H and O–H groups in total. The van der Waals surface area contributed by atoms with Gasteiger partial charge in [-0.3, -0.25) is 4.79 Å². The van der Waals surface area contributed by atoms with Gasteiger partial charge in [-0.25, -0.2) is 0 Å². The average molecular weight is 486 g/mol. The van der Waals surface area contributed by atoms with Crippen LogP contribution >= 0.6 is 0 Å². The summed E-state index contributed by atoms with van der Waals surface area (Å²) >= 11 is 0. The number of sulfonamides is 1. The molecule has 0 bridgehead atoms. The van der Waals surface area contributed by atoms with Crippen molar-refractivity contribution in [2.24, 2.45) is 10.3 Å². The number of likely N-dealkylation sites (tertiary alicyclic amines) is 1. The first-order valence-electron chi connectivity index (χ1n) is 12.5. The average Bonchev–Trinajstić information content (AvgIpc) is 3.10. The third-order valence-corrected chi connectivity index (χ3v) is 8.71. The minimum absolute atomic E-state index is 0.158. The van der Waals surface area contributed by atoms with Crippen LogP contribution in [0.4, 0.5) is 0 Å². The molecule has 0 aromatic heterocycles. The van der Waals surface area contributed by atoms with E-state index in [9.17, 15) is 18.5 Å². The Morgan fingerprint density at radius 2 is 1.94 bits per heavy atom. The normalized spacial score (nSPS) is 22.8. The molecule has 1 atom stereocenters. The van der Waals surface area contributed by atoms with E-state index in [0.717, 1.165) is 51.7 Å². The molecule has 4 rings (SSSR count). The maximum Gasteiger partial charge on any atom is 0.285 e. The van der Waals surface area contributed by atoms with Crippen LogP contribution in [-0.2, 0) is 14.8 Å². The lowest BCUT2D eigenvalue weighted by Gasteiger charge is -2.38. The van der Waals surface area contributed by atoms with Crippen molar-refractivity contribution in [3.8, 4) is 6.07 Å². The number of nitrogens with zero attached hydrogens (tertiary/aromatic N) is 3. The Kier molecular flexibility index (Phi) is 7.58. The van der Waals surface area contributed by atoms with E-state index in [1.165, 1.54) is 12.5 Å². The number of fused-ring (bicyclic) bond motifs is 1. The second-order valence-corrected chi connectivity index (χ2v) is 11.4. The summed E-state index contributed by atoms with van der Waals surface area (Å²) in [5.41, 5.74) is -0.401. The van der Waals surface area contributed by atoms with E-state index in [-0.39, 0.29) is 16.6 Å². The number of nitriles is 1. The first-order chi connectivity index (χ1) is 16.4. The van der Waals surface area contributed by atoms with E-state index in [0.29, 0.717) is 30.7 Å². The molecule has 184 valence electrons. The highest BCUT2D eigenvalue weighted by Gasteiger charge is 2.39. The zero-order chi connectivity index (χ0) is 24.2. The zero-order valence-corrected chi connectivity index (χ0v) is 20.7. The third kappa shape index (κ3) is 5.44. The molecule has 1 saturated carbocycles. The van der Waals surface area contributed by atoms with Crippen LogP contribution in [0.15, 0.2) is 33.6 Å². The van der Waals surface area contributed by atoms with E-state index in [2.05, 4.69) is 32.9 Å². The summed E-state index contributed by atoms with van der Waals surface area (Å²) in [5, 5.41) is 16.2. The van der Waals surface area contributed by atoms with E-state index >= 15 is 0 Å². The summed E-state index contributed by atoms with van der Waals surface area (Å²) in [6, 6.07) is 8.41. The fourth-order valence-electron chi connectivity index (χ4n) is 5.42. The number of carbonyl (C=O) groups excluding carboxylic acids is 1. The van der Waals surface area contributed by atoms with Gasteiger partial charge in [0.1, 0.15) is 22.3 Å². The Bertz CT molecular complexity index is 1060. The highest BCUT2D eigenvalue weighted by molar-refractivity contribution is 7.90. The van der Waals surface area contributed by atoms with Gasteiger partial charge >= 0.3 is 0 Å². The zero-order valence-electron chi connectivity index (χ0n) is 19.9. The number of hydrogen-bond donors (Lipinski definition) is 2. The van der Waals surface area contributed by atoms with Crippen molar-refractivity contribution in [1.29, 1.82) is 5.26 Å². The van der Waals surface area contributed by atoms with Crippen LogP contribution < -0.4 is 10.6 Å². The van der Waals surface area contributed by atoms with Crippen molar-refractivity contribution in [2.45, 2.75) is 81.2 Å². The van der Waals surface area contributed by atoms with Crippen molar-refractivity contribution < 1.29 is 13.2 Å². The Morgan fingerprint density at radius 3 is 2.62 bits per heavy atom. The molecule has 2 fully saturated rings. The van der Waals surface area contributed by atoms with E-state index in [1.807, 2.05) is 0 Å². The molecule has 0 spiro atoms. The highest BCUT2D eigenvalue weighted by atomic mass is 32.2. The second kappa shape index (κ2) is 10.4. The number of rotatable bonds is 7. The monoisotopic (exact) mass is 485 g/mol. The smallest absolute Gasteiger partial charge is 0.285 e. The molecule has 1 aromatic rings. The first kappa shape index (κ1) is 24.7. The van der Waals surface area contributed by atoms with Crippen LogP contribution in [-0.4, -0.2) is 56.3 Å². The number of nitrogens with one attached hydrogen (secondary N) is 2. The van der Waals surface area contributed by atoms with Crippen LogP contribution in [0.2, 0.25) is 0 Å². The minimum Gasteiger partial charge on any atom is -0.357 e. The van der Waals surface area contributed by atoms with Crippen LogP contribution in [0.1, 0.15) is 70.3 Å². The fourth-order valence-corrected chi connectivity index (χ4v) is 6.61. The standard InChI is InChI=1S/C25H35N5O3S/c1-2-14-30-15-12-25(18-26,13-16-30)28-24(31)21(17-19-8-4-3-5-9-19)27-23-20-10-6-7-11-22(20)34(32,33)29-23/h6-7,10-11,19,21H,2-5,8-9,12-17H2,1H3,(H,27,29)(H,28,31). The molecule has 1 saturated heterocycles. The number of piperidine rings is 1. The Morgan fingerprint density at radius 1 is 1.24 bits per heavy atom. The van der Waals surface area contributed by atoms with Crippen LogP contribution in [0, 0.1) is 17.2 Å². The van der Waals surface area contributed by atoms with Crippen LogP contribution in [0.3, 0.4) is 0 Å². The molecule has 1 amide bonds. The van der Waals surface area contributed by atoms with Gasteiger partial charge in [-0.15, -0.1) is 4.40 Å². The number of benzene rings is 1. The molecular weight excluding hydrogens is 450 g/mol. The molecule has 1 aliphatic carbocycles. The topological polar surface area (TPSA) is 115 Å². The van der Waals surface area contributed by atoms with Gasteiger partial charge in [0.05, 0.1) is 6.07 Å². The minimum atomic E-state index is -3.78. The SMILES string of the molecule is CCCN1CCC(C#N)(NC(=O)C(CC2CCCCC2)NC2=NS(=O)(=O)c3ccccc32)CC1. The number of carbonyl (C=O) groups is 1. The Labute approximate surface area is 202 Å². The van der Waals surface area contributed by atoms with Crippen molar-refractivity contribution in [3.63, 3.8) is 0 Å². The lowest BCUT2D eigenvalue weighted by atomic mass is 9.83. The Hall–Kier alpha value is -2.44. The van der Waals surface area contributed by atoms with E-state index in [4.69, 9.17) is 0 Å². The predicted octanol–water partition coefficient (Wildman–Crippen LogP) is 2.95. The summed E-state index contributed by atoms with van der Waals surface area (Å²) in [6.45, 7) is 4.69. The summed E-state index contributed by atoms with van der Waals surface area (Å²) in [4.78, 5) is 16.1.